The minimum absolute atomic E-state index is 0.0274. The summed E-state index contributed by atoms with van der Waals surface area (Å²) in [4.78, 5) is 5.88. The molecule has 1 aliphatic rings. The molecule has 0 amide bonds. The standard InChI is InChI=1S/C17H15ClF3N3S/c18-12-1-4-15(14(9-12)17(19,20)21)23-16(25)24(13-2-3-13)10-11-5-7-22-8-6-11/h1,4-9,13H,2-3,10H2,(H,23,25). The fourth-order valence-corrected chi connectivity index (χ4v) is 2.98. The Morgan fingerprint density at radius 2 is 1.92 bits per heavy atom. The molecule has 25 heavy (non-hydrogen) atoms. The molecule has 0 radical (unpaired) electrons. The third-order valence-electron chi connectivity index (χ3n) is 3.88. The smallest absolute Gasteiger partial charge is 0.342 e. The van der Waals surface area contributed by atoms with Crippen molar-refractivity contribution < 1.29 is 13.2 Å². The number of hydrogen-bond donors (Lipinski definition) is 1. The van der Waals surface area contributed by atoms with Crippen LogP contribution in [0.1, 0.15) is 24.0 Å². The van der Waals surface area contributed by atoms with Gasteiger partial charge in [0, 0.05) is 30.0 Å². The molecule has 8 heteroatoms. The number of anilines is 1. The lowest BCUT2D eigenvalue weighted by atomic mass is 10.1. The predicted octanol–water partition coefficient (Wildman–Crippen LogP) is 5.12. The van der Waals surface area contributed by atoms with E-state index in [4.69, 9.17) is 23.8 Å². The van der Waals surface area contributed by atoms with E-state index in [-0.39, 0.29) is 21.9 Å². The van der Waals surface area contributed by atoms with Crippen molar-refractivity contribution in [3.05, 3.63) is 58.9 Å². The first-order valence-corrected chi connectivity index (χ1v) is 8.46. The van der Waals surface area contributed by atoms with E-state index in [1.54, 1.807) is 12.4 Å². The highest BCUT2D eigenvalue weighted by Crippen LogP contribution is 2.37. The molecule has 0 unspecified atom stereocenters. The maximum atomic E-state index is 13.2. The Bertz CT molecular complexity index is 763. The van der Waals surface area contributed by atoms with Gasteiger partial charge in [-0.3, -0.25) is 4.98 Å². The second-order valence-electron chi connectivity index (χ2n) is 5.83. The van der Waals surface area contributed by atoms with Gasteiger partial charge in [0.05, 0.1) is 11.3 Å². The van der Waals surface area contributed by atoms with Gasteiger partial charge in [-0.25, -0.2) is 0 Å². The summed E-state index contributed by atoms with van der Waals surface area (Å²) in [6.45, 7) is 0.522. The SMILES string of the molecule is FC(F)(F)c1cc(Cl)ccc1NC(=S)N(Cc1ccncc1)C1CC1. The molecule has 1 heterocycles. The monoisotopic (exact) mass is 385 g/mol. The van der Waals surface area contributed by atoms with Crippen molar-refractivity contribution in [3.63, 3.8) is 0 Å². The number of thiocarbonyl (C=S) groups is 1. The predicted molar refractivity (Wildman–Crippen MR) is 95.5 cm³/mol. The number of nitrogens with zero attached hydrogens (tertiary/aromatic N) is 2. The fourth-order valence-electron chi connectivity index (χ4n) is 2.48. The maximum Gasteiger partial charge on any atom is 0.418 e. The van der Waals surface area contributed by atoms with Crippen LogP contribution in [0.4, 0.5) is 18.9 Å². The molecule has 1 aromatic heterocycles. The largest absolute Gasteiger partial charge is 0.418 e. The lowest BCUT2D eigenvalue weighted by Gasteiger charge is -2.27. The molecule has 3 rings (SSSR count). The van der Waals surface area contributed by atoms with Crippen molar-refractivity contribution in [2.75, 3.05) is 5.32 Å². The number of halogens is 4. The molecule has 0 atom stereocenters. The summed E-state index contributed by atoms with van der Waals surface area (Å²) in [6, 6.07) is 7.58. The van der Waals surface area contributed by atoms with Gasteiger partial charge in [-0.2, -0.15) is 13.2 Å². The van der Waals surface area contributed by atoms with E-state index in [1.165, 1.54) is 12.1 Å². The Balaban J connectivity index is 1.80. The van der Waals surface area contributed by atoms with Gasteiger partial charge in [0.2, 0.25) is 0 Å². The van der Waals surface area contributed by atoms with E-state index in [0.717, 1.165) is 24.5 Å². The van der Waals surface area contributed by atoms with Crippen LogP contribution < -0.4 is 5.32 Å². The highest BCUT2D eigenvalue weighted by molar-refractivity contribution is 7.80. The molecule has 3 nitrogen and oxygen atoms in total. The summed E-state index contributed by atoms with van der Waals surface area (Å²) < 4.78 is 39.7. The van der Waals surface area contributed by atoms with Gasteiger partial charge < -0.3 is 10.2 Å². The summed E-state index contributed by atoms with van der Waals surface area (Å²) in [5.41, 5.74) is 0.0717. The van der Waals surface area contributed by atoms with Crippen molar-refractivity contribution in [2.24, 2.45) is 0 Å². The molecule has 0 bridgehead atoms. The van der Waals surface area contributed by atoms with Gasteiger partial charge in [-0.15, -0.1) is 0 Å². The molecular weight excluding hydrogens is 371 g/mol. The van der Waals surface area contributed by atoms with Gasteiger partial charge in [0.1, 0.15) is 0 Å². The van der Waals surface area contributed by atoms with Crippen LogP contribution in [-0.4, -0.2) is 21.0 Å². The lowest BCUT2D eigenvalue weighted by Crippen LogP contribution is -2.36. The summed E-state index contributed by atoms with van der Waals surface area (Å²) >= 11 is 11.1. The topological polar surface area (TPSA) is 28.2 Å². The number of nitrogens with one attached hydrogen (secondary N) is 1. The first-order chi connectivity index (χ1) is 11.8. The molecule has 2 aromatic rings. The molecule has 0 aliphatic heterocycles. The van der Waals surface area contributed by atoms with Crippen LogP contribution in [0.15, 0.2) is 42.7 Å². The second-order valence-corrected chi connectivity index (χ2v) is 6.66. The van der Waals surface area contributed by atoms with E-state index in [2.05, 4.69) is 10.3 Å². The van der Waals surface area contributed by atoms with Crippen LogP contribution in [0.25, 0.3) is 0 Å². The zero-order chi connectivity index (χ0) is 18.0. The Labute approximate surface area is 153 Å². The Morgan fingerprint density at radius 1 is 1.24 bits per heavy atom. The van der Waals surface area contributed by atoms with Gasteiger partial charge in [0.15, 0.2) is 5.11 Å². The van der Waals surface area contributed by atoms with Crippen molar-refractivity contribution >= 4 is 34.6 Å². The summed E-state index contributed by atoms with van der Waals surface area (Å²) in [7, 11) is 0. The van der Waals surface area contributed by atoms with Crippen LogP contribution in [0.3, 0.4) is 0 Å². The van der Waals surface area contributed by atoms with E-state index in [0.29, 0.717) is 6.54 Å². The molecular formula is C17H15ClF3N3S. The normalized spacial score (nSPS) is 14.2. The molecule has 1 saturated carbocycles. The fraction of sp³-hybridized carbons (Fsp3) is 0.294. The molecule has 0 saturated heterocycles. The van der Waals surface area contributed by atoms with Crippen LogP contribution in [0.2, 0.25) is 5.02 Å². The second kappa shape index (κ2) is 7.17. The van der Waals surface area contributed by atoms with Crippen LogP contribution >= 0.6 is 23.8 Å². The number of hydrogen-bond acceptors (Lipinski definition) is 2. The number of pyridine rings is 1. The van der Waals surface area contributed by atoms with Crippen molar-refractivity contribution in [1.82, 2.24) is 9.88 Å². The Kier molecular flexibility index (Phi) is 5.15. The zero-order valence-corrected chi connectivity index (χ0v) is 14.6. The Morgan fingerprint density at radius 3 is 2.52 bits per heavy atom. The molecule has 1 aromatic carbocycles. The molecule has 1 fully saturated rings. The highest BCUT2D eigenvalue weighted by Gasteiger charge is 2.35. The van der Waals surface area contributed by atoms with Crippen LogP contribution in [-0.2, 0) is 12.7 Å². The summed E-state index contributed by atoms with van der Waals surface area (Å²) in [5, 5.41) is 3.05. The van der Waals surface area contributed by atoms with Gasteiger partial charge >= 0.3 is 6.18 Å². The van der Waals surface area contributed by atoms with Gasteiger partial charge in [-0.05, 0) is 61.0 Å². The molecule has 0 spiro atoms. The van der Waals surface area contributed by atoms with Crippen LogP contribution in [0, 0.1) is 0 Å². The summed E-state index contributed by atoms with van der Waals surface area (Å²) in [5.74, 6) is 0. The van der Waals surface area contributed by atoms with Crippen molar-refractivity contribution in [3.8, 4) is 0 Å². The number of aromatic nitrogens is 1. The number of alkyl halides is 3. The third kappa shape index (κ3) is 4.61. The average Bonchev–Trinajstić information content (AvgIpc) is 3.39. The van der Waals surface area contributed by atoms with Crippen molar-refractivity contribution in [2.45, 2.75) is 31.6 Å². The number of benzene rings is 1. The van der Waals surface area contributed by atoms with E-state index < -0.39 is 11.7 Å². The van der Waals surface area contributed by atoms with Gasteiger partial charge in [-0.1, -0.05) is 11.6 Å². The highest BCUT2D eigenvalue weighted by atomic mass is 35.5. The zero-order valence-electron chi connectivity index (χ0n) is 13.1. The quantitative estimate of drug-likeness (QED) is 0.740. The van der Waals surface area contributed by atoms with E-state index in [9.17, 15) is 13.2 Å². The minimum atomic E-state index is -4.52. The van der Waals surface area contributed by atoms with Crippen LogP contribution in [0.5, 0.6) is 0 Å². The Hall–Kier alpha value is -1.86. The maximum absolute atomic E-state index is 13.2. The third-order valence-corrected chi connectivity index (χ3v) is 4.45. The lowest BCUT2D eigenvalue weighted by molar-refractivity contribution is -0.136. The number of rotatable bonds is 4. The van der Waals surface area contributed by atoms with Gasteiger partial charge in [0.25, 0.3) is 0 Å². The first-order valence-electron chi connectivity index (χ1n) is 7.68. The minimum Gasteiger partial charge on any atom is -0.342 e. The van der Waals surface area contributed by atoms with Crippen molar-refractivity contribution in [1.29, 1.82) is 0 Å². The molecule has 1 aliphatic carbocycles. The van der Waals surface area contributed by atoms with E-state index in [1.807, 2.05) is 17.0 Å². The summed E-state index contributed by atoms with van der Waals surface area (Å²) in [6.07, 6.45) is 0.785. The molecule has 1 N–H and O–H groups in total. The average molecular weight is 386 g/mol. The van der Waals surface area contributed by atoms with E-state index >= 15 is 0 Å². The first kappa shape index (κ1) is 17.9. The molecule has 132 valence electrons.